The van der Waals surface area contributed by atoms with Crippen LogP contribution < -0.4 is 0 Å². The van der Waals surface area contributed by atoms with E-state index in [1.165, 1.54) is 16.8 Å². The van der Waals surface area contributed by atoms with Gasteiger partial charge in [0.25, 0.3) is 17.8 Å². The fraction of sp³-hybridized carbons (Fsp3) is 0.765. The molecule has 3 atom stereocenters. The third-order valence-corrected chi connectivity index (χ3v) is 4.96. The van der Waals surface area contributed by atoms with Gasteiger partial charge in [-0.25, -0.2) is 9.37 Å². The summed E-state index contributed by atoms with van der Waals surface area (Å²) in [5.41, 5.74) is 0. The summed E-state index contributed by atoms with van der Waals surface area (Å²) >= 11 is 0. The fourth-order valence-corrected chi connectivity index (χ4v) is 3.94. The highest BCUT2D eigenvalue weighted by molar-refractivity contribution is 6.23. The molecule has 25 heavy (non-hydrogen) atoms. The molecule has 0 saturated carbocycles. The molecule has 0 N–H and O–H groups in total. The maximum atomic E-state index is 12.7. The summed E-state index contributed by atoms with van der Waals surface area (Å²) < 4.78 is 7.84. The van der Waals surface area contributed by atoms with Crippen molar-refractivity contribution in [3.63, 3.8) is 0 Å². The summed E-state index contributed by atoms with van der Waals surface area (Å²) in [5.74, 6) is 1.17. The highest BCUT2D eigenvalue weighted by atomic mass is 16.5. The van der Waals surface area contributed by atoms with E-state index in [1.807, 2.05) is 18.4 Å². The Morgan fingerprint density at radius 3 is 2.32 bits per heavy atom. The summed E-state index contributed by atoms with van der Waals surface area (Å²) in [7, 11) is 3.21. The van der Waals surface area contributed by atoms with Crippen molar-refractivity contribution in [3.05, 3.63) is 0 Å². The summed E-state index contributed by atoms with van der Waals surface area (Å²) in [6.45, 7) is 10.5. The lowest BCUT2D eigenvalue weighted by atomic mass is 10.1. The molecular formula is C17H28N5O3+. The van der Waals surface area contributed by atoms with Crippen molar-refractivity contribution in [1.82, 2.24) is 14.7 Å². The van der Waals surface area contributed by atoms with Gasteiger partial charge in [0.05, 0.1) is 18.2 Å². The number of aliphatic imine (C=N–C) groups is 1. The summed E-state index contributed by atoms with van der Waals surface area (Å²) in [4.78, 5) is 34.6. The van der Waals surface area contributed by atoms with Gasteiger partial charge >= 0.3 is 11.9 Å². The first-order chi connectivity index (χ1) is 11.7. The van der Waals surface area contributed by atoms with Crippen molar-refractivity contribution in [2.45, 2.75) is 52.0 Å². The number of ether oxygens (including phenoxy) is 1. The molecule has 0 bridgehead atoms. The molecule has 3 rings (SSSR count). The molecule has 3 aliphatic heterocycles. The SMILES string of the molecule is CC1CN(CC2=[N+](C(C)C)C3C(=O)N(C)C(=O)N(C)C3=N2)CC(C)O1. The van der Waals surface area contributed by atoms with Gasteiger partial charge in [0.2, 0.25) is 0 Å². The van der Waals surface area contributed by atoms with E-state index in [1.54, 1.807) is 7.05 Å². The number of nitrogens with zero attached hydrogens (tertiary/aromatic N) is 5. The number of carbonyl (C=O) groups excluding carboxylic acids is 2. The maximum absolute atomic E-state index is 12.7. The zero-order valence-corrected chi connectivity index (χ0v) is 15.9. The largest absolute Gasteiger partial charge is 0.373 e. The molecule has 3 heterocycles. The van der Waals surface area contributed by atoms with Gasteiger partial charge in [-0.3, -0.25) is 19.5 Å². The Morgan fingerprint density at radius 1 is 1.16 bits per heavy atom. The van der Waals surface area contributed by atoms with Crippen molar-refractivity contribution < 1.29 is 18.9 Å². The highest BCUT2D eigenvalue weighted by Crippen LogP contribution is 2.21. The Kier molecular flexibility index (Phi) is 4.68. The first-order valence-corrected chi connectivity index (χ1v) is 8.86. The predicted molar refractivity (Wildman–Crippen MR) is 94.0 cm³/mol. The topological polar surface area (TPSA) is 68.5 Å². The van der Waals surface area contributed by atoms with Gasteiger partial charge in [-0.05, 0) is 32.7 Å². The van der Waals surface area contributed by atoms with Crippen LogP contribution in [0.4, 0.5) is 4.79 Å². The molecule has 0 aromatic rings. The van der Waals surface area contributed by atoms with Gasteiger partial charge in [-0.2, -0.15) is 0 Å². The Bertz CT molecular complexity index is 647. The number of amidine groups is 2. The second kappa shape index (κ2) is 6.49. The maximum Gasteiger partial charge on any atom is 0.333 e. The molecule has 0 spiro atoms. The normalized spacial score (nSPS) is 31.2. The number of rotatable bonds is 3. The Morgan fingerprint density at radius 2 is 1.76 bits per heavy atom. The highest BCUT2D eigenvalue weighted by Gasteiger charge is 2.53. The molecule has 0 aromatic heterocycles. The van der Waals surface area contributed by atoms with Gasteiger partial charge in [0.15, 0.2) is 0 Å². The number of amides is 3. The van der Waals surface area contributed by atoms with E-state index < -0.39 is 6.04 Å². The molecule has 8 nitrogen and oxygen atoms in total. The van der Waals surface area contributed by atoms with Gasteiger partial charge in [0, 0.05) is 27.2 Å². The van der Waals surface area contributed by atoms with Gasteiger partial charge in [-0.15, -0.1) is 0 Å². The number of imide groups is 1. The van der Waals surface area contributed by atoms with Crippen molar-refractivity contribution in [2.75, 3.05) is 33.7 Å². The van der Waals surface area contributed by atoms with E-state index in [0.717, 1.165) is 18.9 Å². The number of morpholine rings is 1. The van der Waals surface area contributed by atoms with Crippen molar-refractivity contribution in [1.29, 1.82) is 0 Å². The number of urea groups is 1. The van der Waals surface area contributed by atoms with E-state index in [2.05, 4.69) is 18.7 Å². The number of hydrogen-bond donors (Lipinski definition) is 0. The molecule has 2 fully saturated rings. The lowest BCUT2D eigenvalue weighted by Crippen LogP contribution is -2.62. The molecule has 3 unspecified atom stereocenters. The fourth-order valence-electron chi connectivity index (χ4n) is 3.94. The minimum absolute atomic E-state index is 0.107. The van der Waals surface area contributed by atoms with Crippen molar-refractivity contribution in [2.24, 2.45) is 4.99 Å². The predicted octanol–water partition coefficient (Wildman–Crippen LogP) is 0.220. The van der Waals surface area contributed by atoms with Crippen LogP contribution in [0.1, 0.15) is 27.7 Å². The minimum Gasteiger partial charge on any atom is -0.373 e. The van der Waals surface area contributed by atoms with Crippen LogP contribution in [0.15, 0.2) is 4.99 Å². The van der Waals surface area contributed by atoms with Crippen LogP contribution in [0.5, 0.6) is 0 Å². The van der Waals surface area contributed by atoms with Gasteiger partial charge in [0.1, 0.15) is 6.54 Å². The Labute approximate surface area is 148 Å². The van der Waals surface area contributed by atoms with Crippen LogP contribution >= 0.6 is 0 Å². The third-order valence-electron chi connectivity index (χ3n) is 4.96. The van der Waals surface area contributed by atoms with Crippen LogP contribution in [0.3, 0.4) is 0 Å². The molecule has 2 saturated heterocycles. The lowest BCUT2D eigenvalue weighted by Gasteiger charge is -2.34. The van der Waals surface area contributed by atoms with E-state index in [-0.39, 0.29) is 30.2 Å². The van der Waals surface area contributed by atoms with Crippen molar-refractivity contribution >= 4 is 23.6 Å². The summed E-state index contributed by atoms with van der Waals surface area (Å²) in [5, 5.41) is 0. The lowest BCUT2D eigenvalue weighted by molar-refractivity contribution is -0.566. The summed E-state index contributed by atoms with van der Waals surface area (Å²) in [6.07, 6.45) is 0.343. The van der Waals surface area contributed by atoms with E-state index >= 15 is 0 Å². The molecule has 0 aromatic carbocycles. The van der Waals surface area contributed by atoms with Crippen LogP contribution in [-0.2, 0) is 9.53 Å². The molecule has 0 radical (unpaired) electrons. The quantitative estimate of drug-likeness (QED) is 0.683. The van der Waals surface area contributed by atoms with E-state index in [4.69, 9.17) is 9.73 Å². The van der Waals surface area contributed by atoms with Crippen LogP contribution in [0.2, 0.25) is 0 Å². The molecular weight excluding hydrogens is 322 g/mol. The first-order valence-electron chi connectivity index (χ1n) is 8.86. The number of likely N-dealkylation sites (N-methyl/N-ethyl adjacent to an activating group) is 2. The molecule has 8 heteroatoms. The monoisotopic (exact) mass is 350 g/mol. The zero-order valence-electron chi connectivity index (χ0n) is 15.9. The average molecular weight is 350 g/mol. The zero-order chi connectivity index (χ0) is 18.5. The Balaban J connectivity index is 1.92. The van der Waals surface area contributed by atoms with E-state index in [9.17, 15) is 9.59 Å². The third kappa shape index (κ3) is 3.08. The van der Waals surface area contributed by atoms with E-state index in [0.29, 0.717) is 12.4 Å². The summed E-state index contributed by atoms with van der Waals surface area (Å²) in [6, 6.07) is -0.742. The average Bonchev–Trinajstić information content (AvgIpc) is 2.89. The van der Waals surface area contributed by atoms with Gasteiger partial charge < -0.3 is 4.74 Å². The minimum atomic E-state index is -0.515. The second-order valence-electron chi connectivity index (χ2n) is 7.48. The molecule has 3 aliphatic rings. The standard InChI is InChI=1S/C17H28N5O3/c1-10(2)22-13(9-21-7-11(3)25-12(4)8-21)18-15-14(22)16(23)20(6)17(24)19(15)5/h10-12,14H,7-9H2,1-6H3/q+1. The molecule has 138 valence electrons. The molecule has 3 amide bonds. The van der Waals surface area contributed by atoms with Crippen molar-refractivity contribution in [3.8, 4) is 0 Å². The molecule has 0 aliphatic carbocycles. The number of carbonyl (C=O) groups is 2. The number of hydrogen-bond acceptors (Lipinski definition) is 5. The second-order valence-corrected chi connectivity index (χ2v) is 7.48. The smallest absolute Gasteiger partial charge is 0.333 e. The first kappa shape index (κ1) is 18.0. The van der Waals surface area contributed by atoms with Crippen LogP contribution in [0, 0.1) is 0 Å². The van der Waals surface area contributed by atoms with Crippen LogP contribution in [-0.4, -0.2) is 101 Å². The Hall–Kier alpha value is -1.80. The number of fused-ring (bicyclic) bond motifs is 1. The van der Waals surface area contributed by atoms with Gasteiger partial charge in [-0.1, -0.05) is 0 Å². The van der Waals surface area contributed by atoms with Crippen LogP contribution in [0.25, 0.3) is 0 Å².